The van der Waals surface area contributed by atoms with Crippen LogP contribution in [0.25, 0.3) is 0 Å². The third-order valence-electron chi connectivity index (χ3n) is 3.08. The Hall–Kier alpha value is -2.09. The van der Waals surface area contributed by atoms with Crippen molar-refractivity contribution in [1.29, 1.82) is 0 Å². The van der Waals surface area contributed by atoms with Crippen molar-refractivity contribution in [3.05, 3.63) is 18.2 Å². The molecule has 8 nitrogen and oxygen atoms in total. The molecule has 2 heterocycles. The van der Waals surface area contributed by atoms with Gasteiger partial charge in [0, 0.05) is 25.5 Å². The second kappa shape index (κ2) is 4.88. The lowest BCUT2D eigenvalue weighted by molar-refractivity contribution is -0.155. The molecule has 19 heavy (non-hydrogen) atoms. The van der Waals surface area contributed by atoms with Crippen molar-refractivity contribution in [2.45, 2.75) is 25.6 Å². The first-order valence-electron chi connectivity index (χ1n) is 5.89. The SMILES string of the molecule is CC(O)(CNC(=O)N1CCn2ccnc2C1)C(=O)O. The van der Waals surface area contributed by atoms with Crippen LogP contribution in [-0.2, 0) is 17.9 Å². The fourth-order valence-electron chi connectivity index (χ4n) is 1.78. The number of aliphatic carboxylic acids is 1. The molecular formula is C11H16N4O4. The highest BCUT2D eigenvalue weighted by Crippen LogP contribution is 2.10. The van der Waals surface area contributed by atoms with Gasteiger partial charge in [-0.05, 0) is 6.92 Å². The van der Waals surface area contributed by atoms with Crippen molar-refractivity contribution in [2.75, 3.05) is 13.1 Å². The zero-order valence-electron chi connectivity index (χ0n) is 10.5. The Bertz CT molecular complexity index is 497. The lowest BCUT2D eigenvalue weighted by Crippen LogP contribution is -2.51. The van der Waals surface area contributed by atoms with Crippen molar-refractivity contribution < 1.29 is 19.8 Å². The summed E-state index contributed by atoms with van der Waals surface area (Å²) >= 11 is 0. The van der Waals surface area contributed by atoms with Crippen LogP contribution in [0.1, 0.15) is 12.7 Å². The number of hydrogen-bond acceptors (Lipinski definition) is 4. The second-order valence-electron chi connectivity index (χ2n) is 4.70. The molecule has 1 aromatic heterocycles. The zero-order chi connectivity index (χ0) is 14.0. The first-order valence-corrected chi connectivity index (χ1v) is 5.89. The molecule has 0 aromatic carbocycles. The third-order valence-corrected chi connectivity index (χ3v) is 3.08. The van der Waals surface area contributed by atoms with Gasteiger partial charge < -0.3 is 25.0 Å². The van der Waals surface area contributed by atoms with E-state index >= 15 is 0 Å². The summed E-state index contributed by atoms with van der Waals surface area (Å²) < 4.78 is 1.96. The van der Waals surface area contributed by atoms with Crippen LogP contribution in [0, 0.1) is 0 Å². The molecule has 1 unspecified atom stereocenters. The highest BCUT2D eigenvalue weighted by atomic mass is 16.4. The Kier molecular flexibility index (Phi) is 3.43. The summed E-state index contributed by atoms with van der Waals surface area (Å²) in [6.45, 7) is 2.33. The summed E-state index contributed by atoms with van der Waals surface area (Å²) in [7, 11) is 0. The average molecular weight is 268 g/mol. The van der Waals surface area contributed by atoms with E-state index in [-0.39, 0.29) is 6.54 Å². The molecule has 0 saturated carbocycles. The Morgan fingerprint density at radius 2 is 2.26 bits per heavy atom. The Morgan fingerprint density at radius 1 is 1.53 bits per heavy atom. The van der Waals surface area contributed by atoms with Crippen LogP contribution in [0.5, 0.6) is 0 Å². The van der Waals surface area contributed by atoms with Gasteiger partial charge in [0.2, 0.25) is 0 Å². The van der Waals surface area contributed by atoms with Gasteiger partial charge in [0.05, 0.1) is 13.1 Å². The molecule has 2 rings (SSSR count). The Balaban J connectivity index is 1.90. The number of amides is 2. The maximum absolute atomic E-state index is 11.9. The van der Waals surface area contributed by atoms with Gasteiger partial charge in [-0.25, -0.2) is 14.6 Å². The van der Waals surface area contributed by atoms with Gasteiger partial charge in [0.25, 0.3) is 0 Å². The van der Waals surface area contributed by atoms with Gasteiger partial charge in [-0.15, -0.1) is 0 Å². The van der Waals surface area contributed by atoms with E-state index in [1.54, 1.807) is 6.20 Å². The van der Waals surface area contributed by atoms with Crippen LogP contribution < -0.4 is 5.32 Å². The molecule has 0 saturated heterocycles. The zero-order valence-corrected chi connectivity index (χ0v) is 10.5. The molecule has 3 N–H and O–H groups in total. The minimum Gasteiger partial charge on any atom is -0.479 e. The number of carboxylic acid groups (broad SMARTS) is 1. The summed E-state index contributed by atoms with van der Waals surface area (Å²) in [6, 6.07) is -0.407. The van der Waals surface area contributed by atoms with E-state index in [2.05, 4.69) is 10.3 Å². The molecule has 0 aliphatic carbocycles. The van der Waals surface area contributed by atoms with E-state index < -0.39 is 17.6 Å². The van der Waals surface area contributed by atoms with E-state index in [1.165, 1.54) is 4.90 Å². The normalized spacial score (nSPS) is 17.5. The van der Waals surface area contributed by atoms with Gasteiger partial charge >= 0.3 is 12.0 Å². The predicted molar refractivity (Wildman–Crippen MR) is 64.3 cm³/mol. The minimum absolute atomic E-state index is 0.341. The molecule has 1 aliphatic heterocycles. The highest BCUT2D eigenvalue weighted by Gasteiger charge is 2.31. The molecule has 8 heteroatoms. The summed E-state index contributed by atoms with van der Waals surface area (Å²) in [6.07, 6.45) is 3.52. The largest absolute Gasteiger partial charge is 0.479 e. The molecule has 1 aliphatic rings. The second-order valence-corrected chi connectivity index (χ2v) is 4.70. The molecule has 0 radical (unpaired) electrons. The molecule has 104 valence electrons. The topological polar surface area (TPSA) is 108 Å². The lowest BCUT2D eigenvalue weighted by Gasteiger charge is -2.29. The Morgan fingerprint density at radius 3 is 2.95 bits per heavy atom. The van der Waals surface area contributed by atoms with Crippen molar-refractivity contribution in [3.8, 4) is 0 Å². The van der Waals surface area contributed by atoms with E-state index in [0.29, 0.717) is 19.6 Å². The number of nitrogens with one attached hydrogen (secondary N) is 1. The number of carboxylic acids is 1. The molecule has 0 spiro atoms. The summed E-state index contributed by atoms with van der Waals surface area (Å²) in [4.78, 5) is 28.2. The van der Waals surface area contributed by atoms with Crippen LogP contribution in [0.2, 0.25) is 0 Å². The number of hydrogen-bond donors (Lipinski definition) is 3. The smallest absolute Gasteiger partial charge is 0.337 e. The van der Waals surface area contributed by atoms with Crippen molar-refractivity contribution in [3.63, 3.8) is 0 Å². The van der Waals surface area contributed by atoms with Gasteiger partial charge in [0.1, 0.15) is 5.82 Å². The van der Waals surface area contributed by atoms with Gasteiger partial charge in [-0.1, -0.05) is 0 Å². The number of imidazole rings is 1. The van der Waals surface area contributed by atoms with Crippen molar-refractivity contribution in [1.82, 2.24) is 19.8 Å². The summed E-state index contributed by atoms with van der Waals surface area (Å²) in [5.74, 6) is -0.589. The van der Waals surface area contributed by atoms with Crippen LogP contribution in [0.3, 0.4) is 0 Å². The minimum atomic E-state index is -1.97. The standard InChI is InChI=1S/C11H16N4O4/c1-11(19,9(16)17)7-13-10(18)15-5-4-14-3-2-12-8(14)6-15/h2-3,19H,4-7H2,1H3,(H,13,18)(H,16,17). The maximum atomic E-state index is 11.9. The van der Waals surface area contributed by atoms with Crippen LogP contribution >= 0.6 is 0 Å². The van der Waals surface area contributed by atoms with E-state index in [1.807, 2.05) is 10.8 Å². The quantitative estimate of drug-likeness (QED) is 0.668. The summed E-state index contributed by atoms with van der Waals surface area (Å²) in [5.41, 5.74) is -1.97. The summed E-state index contributed by atoms with van der Waals surface area (Å²) in [5, 5.41) is 20.7. The van der Waals surface area contributed by atoms with Crippen molar-refractivity contribution >= 4 is 12.0 Å². The van der Waals surface area contributed by atoms with Crippen molar-refractivity contribution in [2.24, 2.45) is 0 Å². The number of aliphatic hydroxyl groups is 1. The predicted octanol–water partition coefficient (Wildman–Crippen LogP) is -0.756. The number of nitrogens with zero attached hydrogens (tertiary/aromatic N) is 3. The molecule has 0 fully saturated rings. The third kappa shape index (κ3) is 2.84. The van der Waals surface area contributed by atoms with Crippen LogP contribution in [0.4, 0.5) is 4.79 Å². The lowest BCUT2D eigenvalue weighted by atomic mass is 10.1. The first kappa shape index (κ1) is 13.3. The number of rotatable bonds is 3. The van der Waals surface area contributed by atoms with Crippen LogP contribution in [0.15, 0.2) is 12.4 Å². The van der Waals surface area contributed by atoms with E-state index in [4.69, 9.17) is 5.11 Å². The first-order chi connectivity index (χ1) is 8.90. The van der Waals surface area contributed by atoms with E-state index in [0.717, 1.165) is 12.7 Å². The van der Waals surface area contributed by atoms with E-state index in [9.17, 15) is 14.7 Å². The number of carbonyl (C=O) groups excluding carboxylic acids is 1. The highest BCUT2D eigenvalue weighted by molar-refractivity contribution is 5.79. The molecule has 1 atom stereocenters. The number of urea groups is 1. The molecule has 2 amide bonds. The van der Waals surface area contributed by atoms with Gasteiger partial charge in [0.15, 0.2) is 5.60 Å². The molecule has 1 aromatic rings. The number of aromatic nitrogens is 2. The maximum Gasteiger partial charge on any atom is 0.337 e. The number of fused-ring (bicyclic) bond motifs is 1. The molecule has 0 bridgehead atoms. The van der Waals surface area contributed by atoms with Gasteiger partial charge in [-0.2, -0.15) is 0 Å². The average Bonchev–Trinajstić information content (AvgIpc) is 2.82. The fourth-order valence-corrected chi connectivity index (χ4v) is 1.78. The van der Waals surface area contributed by atoms with Gasteiger partial charge in [-0.3, -0.25) is 0 Å². The monoisotopic (exact) mass is 268 g/mol. The molecular weight excluding hydrogens is 252 g/mol. The fraction of sp³-hybridized carbons (Fsp3) is 0.545. The van der Waals surface area contributed by atoms with Crippen LogP contribution in [-0.4, -0.2) is 55.4 Å². The number of carbonyl (C=O) groups is 2. The Labute approximate surface area is 109 Å².